The van der Waals surface area contributed by atoms with Crippen molar-refractivity contribution in [3.63, 3.8) is 0 Å². The van der Waals surface area contributed by atoms with Crippen molar-refractivity contribution in [2.24, 2.45) is 0 Å². The van der Waals surface area contributed by atoms with E-state index in [1.807, 2.05) is 24.3 Å². The highest BCUT2D eigenvalue weighted by atomic mass is 79.9. The Balaban J connectivity index is 2.36. The van der Waals surface area contributed by atoms with Crippen molar-refractivity contribution < 1.29 is 4.74 Å². The quantitative estimate of drug-likeness (QED) is 0.757. The molecule has 92 valence electrons. The fourth-order valence-corrected chi connectivity index (χ4v) is 1.69. The number of ether oxygens (including phenoxy) is 1. The summed E-state index contributed by atoms with van der Waals surface area (Å²) in [5.74, 6) is 0.855. The number of nitrogens with zero attached hydrogens (tertiary/aromatic N) is 2. The van der Waals surface area contributed by atoms with Gasteiger partial charge in [-0.2, -0.15) is 5.26 Å². The van der Waals surface area contributed by atoms with Crippen LogP contribution in [-0.2, 0) is 0 Å². The van der Waals surface area contributed by atoms with Crippen LogP contribution in [0.5, 0.6) is 5.75 Å². The lowest BCUT2D eigenvalue weighted by Gasteiger charge is -2.23. The van der Waals surface area contributed by atoms with E-state index >= 15 is 0 Å². The number of rotatable bonds is 6. The first kappa shape index (κ1) is 14.0. The van der Waals surface area contributed by atoms with Gasteiger partial charge < -0.3 is 4.74 Å². The number of nitriles is 1. The van der Waals surface area contributed by atoms with E-state index in [4.69, 9.17) is 10.00 Å². The Kier molecular flexibility index (Phi) is 6.03. The molecule has 0 aliphatic carbocycles. The highest BCUT2D eigenvalue weighted by Crippen LogP contribution is 2.15. The van der Waals surface area contributed by atoms with Crippen LogP contribution in [0.15, 0.2) is 28.7 Å². The Morgan fingerprint density at radius 2 is 2.00 bits per heavy atom. The lowest BCUT2D eigenvalue weighted by atomic mass is 10.3. The molecule has 0 bridgehead atoms. The molecule has 0 heterocycles. The van der Waals surface area contributed by atoms with Crippen LogP contribution in [0.1, 0.15) is 13.8 Å². The molecule has 17 heavy (non-hydrogen) atoms. The van der Waals surface area contributed by atoms with Crippen LogP contribution >= 0.6 is 15.9 Å². The molecule has 0 amide bonds. The van der Waals surface area contributed by atoms with Crippen molar-refractivity contribution in [2.45, 2.75) is 19.9 Å². The van der Waals surface area contributed by atoms with E-state index in [2.05, 4.69) is 40.7 Å². The smallest absolute Gasteiger partial charge is 0.119 e. The second kappa shape index (κ2) is 7.31. The van der Waals surface area contributed by atoms with Crippen LogP contribution < -0.4 is 4.74 Å². The average molecular weight is 297 g/mol. The average Bonchev–Trinajstić information content (AvgIpc) is 2.30. The van der Waals surface area contributed by atoms with Crippen LogP contribution in [0.2, 0.25) is 0 Å². The molecule has 0 saturated heterocycles. The van der Waals surface area contributed by atoms with Gasteiger partial charge in [-0.25, -0.2) is 0 Å². The molecular weight excluding hydrogens is 280 g/mol. The van der Waals surface area contributed by atoms with Gasteiger partial charge in [0.15, 0.2) is 0 Å². The zero-order valence-electron chi connectivity index (χ0n) is 10.2. The van der Waals surface area contributed by atoms with E-state index in [-0.39, 0.29) is 0 Å². The second-order valence-corrected chi connectivity index (χ2v) is 4.94. The van der Waals surface area contributed by atoms with E-state index in [1.54, 1.807) is 0 Å². The zero-order chi connectivity index (χ0) is 12.7. The van der Waals surface area contributed by atoms with E-state index in [9.17, 15) is 0 Å². The van der Waals surface area contributed by atoms with E-state index in [1.165, 1.54) is 0 Å². The largest absolute Gasteiger partial charge is 0.492 e. The molecule has 1 aromatic carbocycles. The van der Waals surface area contributed by atoms with Gasteiger partial charge in [0.1, 0.15) is 12.4 Å². The molecule has 0 aliphatic rings. The van der Waals surface area contributed by atoms with Gasteiger partial charge in [-0.15, -0.1) is 0 Å². The monoisotopic (exact) mass is 296 g/mol. The Bertz CT molecular complexity index is 370. The van der Waals surface area contributed by atoms with Gasteiger partial charge in [0.05, 0.1) is 12.6 Å². The van der Waals surface area contributed by atoms with Crippen LogP contribution in [0.25, 0.3) is 0 Å². The van der Waals surface area contributed by atoms with Crippen LogP contribution in [0, 0.1) is 11.3 Å². The Morgan fingerprint density at radius 3 is 2.53 bits per heavy atom. The summed E-state index contributed by atoms with van der Waals surface area (Å²) in [5, 5.41) is 8.69. The molecule has 0 unspecified atom stereocenters. The second-order valence-electron chi connectivity index (χ2n) is 4.02. The molecule has 0 aromatic heterocycles. The first-order valence-corrected chi connectivity index (χ1v) is 6.42. The van der Waals surface area contributed by atoms with Crippen molar-refractivity contribution in [3.8, 4) is 11.8 Å². The Labute approximate surface area is 111 Å². The summed E-state index contributed by atoms with van der Waals surface area (Å²) >= 11 is 3.38. The number of halogens is 1. The summed E-state index contributed by atoms with van der Waals surface area (Å²) in [6.45, 7) is 5.97. The zero-order valence-corrected chi connectivity index (χ0v) is 11.8. The van der Waals surface area contributed by atoms with E-state index in [0.29, 0.717) is 19.2 Å². The molecule has 0 radical (unpaired) electrons. The molecule has 0 spiro atoms. The van der Waals surface area contributed by atoms with Gasteiger partial charge in [-0.05, 0) is 38.1 Å². The third kappa shape index (κ3) is 5.20. The maximum atomic E-state index is 8.69. The topological polar surface area (TPSA) is 36.3 Å². The van der Waals surface area contributed by atoms with Crippen molar-refractivity contribution in [1.82, 2.24) is 4.90 Å². The normalized spacial score (nSPS) is 10.6. The molecule has 0 N–H and O–H groups in total. The molecule has 1 rings (SSSR count). The van der Waals surface area contributed by atoms with Gasteiger partial charge in [-0.1, -0.05) is 15.9 Å². The first-order valence-electron chi connectivity index (χ1n) is 5.63. The number of hydrogen-bond acceptors (Lipinski definition) is 3. The maximum Gasteiger partial charge on any atom is 0.119 e. The molecule has 0 atom stereocenters. The summed E-state index contributed by atoms with van der Waals surface area (Å²) < 4.78 is 6.66. The maximum absolute atomic E-state index is 8.69. The molecule has 1 aromatic rings. The third-order valence-corrected chi connectivity index (χ3v) is 2.99. The highest BCUT2D eigenvalue weighted by molar-refractivity contribution is 9.10. The van der Waals surface area contributed by atoms with Crippen molar-refractivity contribution in [3.05, 3.63) is 28.7 Å². The minimum absolute atomic E-state index is 0.364. The predicted octanol–water partition coefficient (Wildman–Crippen LogP) is 3.06. The molecule has 3 nitrogen and oxygen atoms in total. The van der Waals surface area contributed by atoms with E-state index in [0.717, 1.165) is 16.8 Å². The van der Waals surface area contributed by atoms with Gasteiger partial charge in [0, 0.05) is 17.1 Å². The lowest BCUT2D eigenvalue weighted by molar-refractivity contribution is 0.193. The first-order chi connectivity index (χ1) is 8.13. The van der Waals surface area contributed by atoms with Gasteiger partial charge in [0.25, 0.3) is 0 Å². The summed E-state index contributed by atoms with van der Waals surface area (Å²) in [6, 6.07) is 10.3. The van der Waals surface area contributed by atoms with Crippen molar-refractivity contribution in [1.29, 1.82) is 5.26 Å². The van der Waals surface area contributed by atoms with Crippen molar-refractivity contribution in [2.75, 3.05) is 19.7 Å². The van der Waals surface area contributed by atoms with Crippen LogP contribution in [-0.4, -0.2) is 30.6 Å². The molecule has 4 heteroatoms. The fraction of sp³-hybridized carbons (Fsp3) is 0.462. The molecule has 0 fully saturated rings. The van der Waals surface area contributed by atoms with Crippen molar-refractivity contribution >= 4 is 15.9 Å². The van der Waals surface area contributed by atoms with Crippen LogP contribution in [0.4, 0.5) is 0 Å². The van der Waals surface area contributed by atoms with E-state index < -0.39 is 0 Å². The summed E-state index contributed by atoms with van der Waals surface area (Å²) in [6.07, 6.45) is 0. The lowest BCUT2D eigenvalue weighted by Crippen LogP contribution is -2.34. The van der Waals surface area contributed by atoms with Gasteiger partial charge in [-0.3, -0.25) is 4.90 Å². The molecule has 0 aliphatic heterocycles. The Morgan fingerprint density at radius 1 is 1.35 bits per heavy atom. The van der Waals surface area contributed by atoms with Gasteiger partial charge in [0.2, 0.25) is 0 Å². The molecule has 0 saturated carbocycles. The SMILES string of the molecule is CC(C)N(CC#N)CCOc1ccc(Br)cc1. The third-order valence-electron chi connectivity index (χ3n) is 2.46. The number of hydrogen-bond donors (Lipinski definition) is 0. The number of benzene rings is 1. The summed E-state index contributed by atoms with van der Waals surface area (Å²) in [5.41, 5.74) is 0. The predicted molar refractivity (Wildman–Crippen MR) is 72.0 cm³/mol. The highest BCUT2D eigenvalue weighted by Gasteiger charge is 2.08. The summed E-state index contributed by atoms with van der Waals surface area (Å²) in [4.78, 5) is 2.08. The van der Waals surface area contributed by atoms with Gasteiger partial charge >= 0.3 is 0 Å². The fourth-order valence-electron chi connectivity index (χ4n) is 1.42. The summed E-state index contributed by atoms with van der Waals surface area (Å²) in [7, 11) is 0. The van der Waals surface area contributed by atoms with Crippen LogP contribution in [0.3, 0.4) is 0 Å². The molecular formula is C13H17BrN2O. The minimum atomic E-state index is 0.364. The Hall–Kier alpha value is -1.05. The standard InChI is InChI=1S/C13H17BrN2O/c1-11(2)16(8-7-15)9-10-17-13-5-3-12(14)4-6-13/h3-6,11H,8-10H2,1-2H3. The minimum Gasteiger partial charge on any atom is -0.492 e.